The van der Waals surface area contributed by atoms with Gasteiger partial charge < -0.3 is 5.32 Å². The summed E-state index contributed by atoms with van der Waals surface area (Å²) in [7, 11) is 1.90. The standard InChI is InChI=1S/C20H21N7/c1-4-15(14-8-11-21-12-9-14)23-19-17-13(2)26-27(3)20(17)25-18(24-19)16-7-5-6-10-22-16/h5-12,15H,4H2,1-3H3,(H,23,24,25)/t15-/m0/s1. The largest absolute Gasteiger partial charge is 0.363 e. The Morgan fingerprint density at radius 3 is 2.59 bits per heavy atom. The summed E-state index contributed by atoms with van der Waals surface area (Å²) in [6.07, 6.45) is 6.28. The molecule has 0 unspecified atom stereocenters. The number of nitrogens with zero attached hydrogens (tertiary/aromatic N) is 6. The smallest absolute Gasteiger partial charge is 0.182 e. The first-order valence-electron chi connectivity index (χ1n) is 8.96. The van der Waals surface area contributed by atoms with Crippen LogP contribution in [-0.4, -0.2) is 29.7 Å². The van der Waals surface area contributed by atoms with Gasteiger partial charge in [0.15, 0.2) is 11.5 Å². The number of hydrogen-bond acceptors (Lipinski definition) is 6. The molecule has 0 fully saturated rings. The van der Waals surface area contributed by atoms with E-state index >= 15 is 0 Å². The van der Waals surface area contributed by atoms with Crippen molar-refractivity contribution in [2.45, 2.75) is 26.3 Å². The predicted molar refractivity (Wildman–Crippen MR) is 105 cm³/mol. The van der Waals surface area contributed by atoms with Crippen molar-refractivity contribution in [1.82, 2.24) is 29.7 Å². The van der Waals surface area contributed by atoms with Gasteiger partial charge in [0.05, 0.1) is 17.1 Å². The zero-order valence-electron chi connectivity index (χ0n) is 15.6. The molecule has 4 heterocycles. The first kappa shape index (κ1) is 17.1. The lowest BCUT2D eigenvalue weighted by Gasteiger charge is -2.19. The minimum absolute atomic E-state index is 0.113. The van der Waals surface area contributed by atoms with Gasteiger partial charge in [-0.05, 0) is 43.2 Å². The van der Waals surface area contributed by atoms with E-state index in [2.05, 4.69) is 27.3 Å². The maximum absolute atomic E-state index is 4.80. The molecule has 0 amide bonds. The topological polar surface area (TPSA) is 81.4 Å². The number of anilines is 1. The van der Waals surface area contributed by atoms with Crippen LogP contribution in [0.15, 0.2) is 48.9 Å². The van der Waals surface area contributed by atoms with E-state index in [4.69, 9.17) is 9.97 Å². The van der Waals surface area contributed by atoms with E-state index in [0.29, 0.717) is 5.82 Å². The number of pyridine rings is 2. The second-order valence-electron chi connectivity index (χ2n) is 6.40. The van der Waals surface area contributed by atoms with E-state index in [9.17, 15) is 0 Å². The van der Waals surface area contributed by atoms with Crippen LogP contribution in [0.1, 0.15) is 30.6 Å². The zero-order valence-corrected chi connectivity index (χ0v) is 15.6. The molecule has 136 valence electrons. The van der Waals surface area contributed by atoms with E-state index in [1.54, 1.807) is 10.9 Å². The number of fused-ring (bicyclic) bond motifs is 1. The Bertz CT molecular complexity index is 1060. The predicted octanol–water partition coefficient (Wildman–Crippen LogP) is 3.69. The average molecular weight is 359 g/mol. The highest BCUT2D eigenvalue weighted by atomic mass is 15.3. The molecule has 4 aromatic heterocycles. The third-order valence-corrected chi connectivity index (χ3v) is 4.58. The molecular weight excluding hydrogens is 338 g/mol. The van der Waals surface area contributed by atoms with Gasteiger partial charge in [-0.3, -0.25) is 14.6 Å². The lowest BCUT2D eigenvalue weighted by Crippen LogP contribution is -2.12. The van der Waals surface area contributed by atoms with Crippen LogP contribution in [0.4, 0.5) is 5.82 Å². The molecule has 1 N–H and O–H groups in total. The fourth-order valence-electron chi connectivity index (χ4n) is 3.23. The van der Waals surface area contributed by atoms with Gasteiger partial charge in [0.25, 0.3) is 0 Å². The maximum Gasteiger partial charge on any atom is 0.182 e. The van der Waals surface area contributed by atoms with Crippen LogP contribution in [0.3, 0.4) is 0 Å². The van der Waals surface area contributed by atoms with Crippen LogP contribution < -0.4 is 5.32 Å². The summed E-state index contributed by atoms with van der Waals surface area (Å²) < 4.78 is 1.79. The van der Waals surface area contributed by atoms with Crippen molar-refractivity contribution in [1.29, 1.82) is 0 Å². The maximum atomic E-state index is 4.80. The van der Waals surface area contributed by atoms with Gasteiger partial charge in [-0.1, -0.05) is 13.0 Å². The van der Waals surface area contributed by atoms with Crippen LogP contribution in [0.5, 0.6) is 0 Å². The molecule has 0 radical (unpaired) electrons. The van der Waals surface area contributed by atoms with Crippen LogP contribution in [0.2, 0.25) is 0 Å². The first-order valence-corrected chi connectivity index (χ1v) is 8.96. The quantitative estimate of drug-likeness (QED) is 0.585. The van der Waals surface area contributed by atoms with Crippen molar-refractivity contribution >= 4 is 16.9 Å². The number of rotatable bonds is 5. The van der Waals surface area contributed by atoms with Crippen LogP contribution >= 0.6 is 0 Å². The Labute approximate surface area is 157 Å². The number of nitrogens with one attached hydrogen (secondary N) is 1. The van der Waals surface area contributed by atoms with Gasteiger partial charge in [-0.15, -0.1) is 0 Å². The molecule has 0 bridgehead atoms. The van der Waals surface area contributed by atoms with Crippen LogP contribution in [-0.2, 0) is 7.05 Å². The number of aryl methyl sites for hydroxylation is 2. The molecule has 7 nitrogen and oxygen atoms in total. The molecule has 4 aromatic rings. The summed E-state index contributed by atoms with van der Waals surface area (Å²) in [4.78, 5) is 18.0. The molecule has 4 rings (SSSR count). The summed E-state index contributed by atoms with van der Waals surface area (Å²) >= 11 is 0. The minimum atomic E-state index is 0.113. The highest BCUT2D eigenvalue weighted by molar-refractivity contribution is 5.90. The zero-order chi connectivity index (χ0) is 18.8. The Morgan fingerprint density at radius 2 is 1.89 bits per heavy atom. The Morgan fingerprint density at radius 1 is 1.07 bits per heavy atom. The Kier molecular flexibility index (Phi) is 4.50. The summed E-state index contributed by atoms with van der Waals surface area (Å²) in [5.74, 6) is 1.35. The minimum Gasteiger partial charge on any atom is -0.363 e. The van der Waals surface area contributed by atoms with Gasteiger partial charge in [0.1, 0.15) is 11.5 Å². The van der Waals surface area contributed by atoms with Crippen LogP contribution in [0.25, 0.3) is 22.6 Å². The summed E-state index contributed by atoms with van der Waals surface area (Å²) in [5.41, 5.74) is 3.58. The molecule has 27 heavy (non-hydrogen) atoms. The fourth-order valence-corrected chi connectivity index (χ4v) is 3.23. The third kappa shape index (κ3) is 3.23. The molecule has 0 aliphatic heterocycles. The SMILES string of the molecule is CC[C@H](Nc1nc(-c2ccccn2)nc2c1c(C)nn2C)c1ccncc1. The van der Waals surface area contributed by atoms with Gasteiger partial charge in [0.2, 0.25) is 0 Å². The lowest BCUT2D eigenvalue weighted by molar-refractivity contribution is 0.744. The van der Waals surface area contributed by atoms with Gasteiger partial charge in [-0.2, -0.15) is 5.10 Å². The summed E-state index contributed by atoms with van der Waals surface area (Å²) in [5, 5.41) is 9.06. The van der Waals surface area contributed by atoms with E-state index in [-0.39, 0.29) is 6.04 Å². The number of hydrogen-bond donors (Lipinski definition) is 1. The molecule has 0 aliphatic carbocycles. The molecule has 0 aliphatic rings. The Balaban J connectivity index is 1.85. The highest BCUT2D eigenvalue weighted by Crippen LogP contribution is 2.30. The molecule has 0 saturated carbocycles. The Hall–Kier alpha value is -3.35. The van der Waals surface area contributed by atoms with Crippen molar-refractivity contribution in [3.05, 3.63) is 60.2 Å². The lowest BCUT2D eigenvalue weighted by atomic mass is 10.1. The van der Waals surface area contributed by atoms with Crippen molar-refractivity contribution in [3.63, 3.8) is 0 Å². The molecule has 0 aromatic carbocycles. The van der Waals surface area contributed by atoms with Crippen molar-refractivity contribution in [3.8, 4) is 11.5 Å². The van der Waals surface area contributed by atoms with Crippen molar-refractivity contribution in [2.24, 2.45) is 7.05 Å². The first-order chi connectivity index (χ1) is 13.2. The average Bonchev–Trinajstić information content (AvgIpc) is 3.01. The van der Waals surface area contributed by atoms with Gasteiger partial charge in [0, 0.05) is 25.6 Å². The van der Waals surface area contributed by atoms with E-state index in [1.165, 1.54) is 5.56 Å². The molecular formula is C20H21N7. The second kappa shape index (κ2) is 7.11. The van der Waals surface area contributed by atoms with Crippen molar-refractivity contribution < 1.29 is 0 Å². The molecule has 1 atom stereocenters. The third-order valence-electron chi connectivity index (χ3n) is 4.58. The monoisotopic (exact) mass is 359 g/mol. The van der Waals surface area contributed by atoms with Gasteiger partial charge in [-0.25, -0.2) is 9.97 Å². The summed E-state index contributed by atoms with van der Waals surface area (Å²) in [6, 6.07) is 9.89. The molecule has 7 heteroatoms. The highest BCUT2D eigenvalue weighted by Gasteiger charge is 2.19. The fraction of sp³-hybridized carbons (Fsp3) is 0.250. The van der Waals surface area contributed by atoms with Gasteiger partial charge >= 0.3 is 0 Å². The van der Waals surface area contributed by atoms with Crippen LogP contribution in [0, 0.1) is 6.92 Å². The second-order valence-corrected chi connectivity index (χ2v) is 6.40. The molecule has 0 spiro atoms. The van der Waals surface area contributed by atoms with E-state index in [1.807, 2.05) is 56.7 Å². The normalized spacial score (nSPS) is 12.3. The van der Waals surface area contributed by atoms with E-state index < -0.39 is 0 Å². The van der Waals surface area contributed by atoms with E-state index in [0.717, 1.165) is 34.7 Å². The number of aromatic nitrogens is 6. The summed E-state index contributed by atoms with van der Waals surface area (Å²) in [6.45, 7) is 4.12. The van der Waals surface area contributed by atoms with Crippen molar-refractivity contribution in [2.75, 3.05) is 5.32 Å². The molecule has 0 saturated heterocycles.